The summed E-state index contributed by atoms with van der Waals surface area (Å²) in [4.78, 5) is 26.9. The van der Waals surface area contributed by atoms with E-state index in [2.05, 4.69) is 0 Å². The molecule has 4 rings (SSSR count). The first-order chi connectivity index (χ1) is 11.7. The van der Waals surface area contributed by atoms with Crippen LogP contribution in [0.15, 0.2) is 60.9 Å². The number of anilines is 1. The monoisotopic (exact) mass is 318 g/mol. The highest BCUT2D eigenvalue weighted by Crippen LogP contribution is 2.32. The van der Waals surface area contributed by atoms with Crippen LogP contribution in [0, 0.1) is 0 Å². The Morgan fingerprint density at radius 3 is 2.33 bits per heavy atom. The molecule has 0 aliphatic carbocycles. The summed E-state index contributed by atoms with van der Waals surface area (Å²) in [5, 5.41) is 1.42. The zero-order valence-electron chi connectivity index (χ0n) is 13.0. The van der Waals surface area contributed by atoms with Crippen LogP contribution in [0.5, 0.6) is 0 Å². The highest BCUT2D eigenvalue weighted by atomic mass is 16.2. The summed E-state index contributed by atoms with van der Waals surface area (Å²) in [6.07, 6.45) is 3.82. The molecule has 24 heavy (non-hydrogen) atoms. The molecule has 0 unspecified atom stereocenters. The van der Waals surface area contributed by atoms with E-state index in [0.717, 1.165) is 5.39 Å². The summed E-state index contributed by atoms with van der Waals surface area (Å²) in [5.41, 5.74) is 7.64. The van der Waals surface area contributed by atoms with Crippen molar-refractivity contribution in [2.75, 3.05) is 12.3 Å². The molecule has 118 valence electrons. The normalized spacial score (nSPS) is 13.6. The first-order valence-electron chi connectivity index (χ1n) is 7.78. The third-order valence-corrected chi connectivity index (χ3v) is 4.38. The molecule has 2 N–H and O–H groups in total. The van der Waals surface area contributed by atoms with Crippen molar-refractivity contribution in [3.63, 3.8) is 0 Å². The standard InChI is InChI=1S/C19H15N3O2/c20-16-8-7-15-17-13(16)5-4-6-14(17)18(23)22(19(15)24)12-11-21-9-2-1-3-10-21/h1-10H,11-12H2,(H-,20,23,24)/p+1. The number of hydrogen-bond acceptors (Lipinski definition) is 3. The van der Waals surface area contributed by atoms with Gasteiger partial charge in [-0.05, 0) is 18.2 Å². The zero-order valence-corrected chi connectivity index (χ0v) is 13.0. The van der Waals surface area contributed by atoms with Crippen LogP contribution in [0.2, 0.25) is 0 Å². The second-order valence-electron chi connectivity index (χ2n) is 5.81. The van der Waals surface area contributed by atoms with Gasteiger partial charge in [-0.15, -0.1) is 0 Å². The van der Waals surface area contributed by atoms with Crippen molar-refractivity contribution >= 4 is 28.3 Å². The van der Waals surface area contributed by atoms with Crippen LogP contribution in [0.4, 0.5) is 5.69 Å². The van der Waals surface area contributed by atoms with Crippen molar-refractivity contribution in [3.8, 4) is 0 Å². The van der Waals surface area contributed by atoms with Gasteiger partial charge < -0.3 is 5.73 Å². The molecule has 0 spiro atoms. The maximum Gasteiger partial charge on any atom is 0.261 e. The first-order valence-corrected chi connectivity index (χ1v) is 7.78. The fraction of sp³-hybridized carbons (Fsp3) is 0.105. The van der Waals surface area contributed by atoms with Crippen molar-refractivity contribution in [3.05, 3.63) is 72.1 Å². The zero-order chi connectivity index (χ0) is 16.7. The molecule has 0 bridgehead atoms. The van der Waals surface area contributed by atoms with Crippen LogP contribution in [-0.2, 0) is 6.54 Å². The molecule has 1 aromatic heterocycles. The number of nitrogen functional groups attached to an aromatic ring is 1. The summed E-state index contributed by atoms with van der Waals surface area (Å²) in [7, 11) is 0. The fourth-order valence-electron chi connectivity index (χ4n) is 3.17. The highest BCUT2D eigenvalue weighted by molar-refractivity contribution is 6.26. The van der Waals surface area contributed by atoms with Crippen LogP contribution in [-0.4, -0.2) is 23.3 Å². The van der Waals surface area contributed by atoms with Gasteiger partial charge in [-0.2, -0.15) is 0 Å². The number of amides is 2. The molecular weight excluding hydrogens is 302 g/mol. The third kappa shape index (κ3) is 2.13. The number of nitrogens with zero attached hydrogens (tertiary/aromatic N) is 2. The minimum absolute atomic E-state index is 0.264. The van der Waals surface area contributed by atoms with Gasteiger partial charge in [0.2, 0.25) is 0 Å². The smallest absolute Gasteiger partial charge is 0.261 e. The quantitative estimate of drug-likeness (QED) is 0.456. The van der Waals surface area contributed by atoms with Gasteiger partial charge in [0.05, 0.1) is 6.54 Å². The number of benzene rings is 2. The number of pyridine rings is 1. The molecule has 5 heteroatoms. The Labute approximate surface area is 138 Å². The van der Waals surface area contributed by atoms with Crippen LogP contribution >= 0.6 is 0 Å². The number of carbonyl (C=O) groups is 2. The number of carbonyl (C=O) groups excluding carboxylic acids is 2. The van der Waals surface area contributed by atoms with Gasteiger partial charge in [-0.1, -0.05) is 18.2 Å². The molecule has 2 aromatic carbocycles. The summed E-state index contributed by atoms with van der Waals surface area (Å²) in [5.74, 6) is -0.527. The number of hydrogen-bond donors (Lipinski definition) is 1. The summed E-state index contributed by atoms with van der Waals surface area (Å²) < 4.78 is 1.94. The van der Waals surface area contributed by atoms with Crippen molar-refractivity contribution in [2.45, 2.75) is 6.54 Å². The highest BCUT2D eigenvalue weighted by Gasteiger charge is 2.33. The predicted octanol–water partition coefficient (Wildman–Crippen LogP) is 2.01. The van der Waals surface area contributed by atoms with Crippen molar-refractivity contribution in [1.82, 2.24) is 4.90 Å². The molecule has 1 aliphatic rings. The summed E-state index contributed by atoms with van der Waals surface area (Å²) in [6, 6.07) is 14.6. The average Bonchev–Trinajstić information content (AvgIpc) is 2.61. The Balaban J connectivity index is 1.74. The van der Waals surface area contributed by atoms with Crippen LogP contribution in [0.1, 0.15) is 20.7 Å². The average molecular weight is 318 g/mol. The largest absolute Gasteiger partial charge is 0.398 e. The molecular formula is C19H16N3O2+. The number of imide groups is 1. The molecule has 2 heterocycles. The van der Waals surface area contributed by atoms with Crippen molar-refractivity contribution in [2.24, 2.45) is 0 Å². The number of nitrogens with two attached hydrogens (primary N) is 1. The van der Waals surface area contributed by atoms with E-state index in [1.165, 1.54) is 4.90 Å². The topological polar surface area (TPSA) is 67.3 Å². The van der Waals surface area contributed by atoms with Crippen molar-refractivity contribution in [1.29, 1.82) is 0 Å². The number of aromatic nitrogens is 1. The number of rotatable bonds is 3. The Morgan fingerprint density at radius 1 is 0.875 bits per heavy atom. The molecule has 0 saturated carbocycles. The molecule has 1 aliphatic heterocycles. The Bertz CT molecular complexity index is 945. The summed E-state index contributed by atoms with van der Waals surface area (Å²) in [6.45, 7) is 0.880. The SMILES string of the molecule is Nc1ccc2c3c(cccc13)C(=O)N(CC[n+]1ccccc1)C2=O. The van der Waals surface area contributed by atoms with E-state index in [1.807, 2.05) is 41.2 Å². The molecule has 3 aromatic rings. The van der Waals surface area contributed by atoms with E-state index < -0.39 is 0 Å². The second kappa shape index (κ2) is 5.45. The maximum absolute atomic E-state index is 12.8. The van der Waals surface area contributed by atoms with Crippen molar-refractivity contribution < 1.29 is 14.2 Å². The van der Waals surface area contributed by atoms with Gasteiger partial charge >= 0.3 is 0 Å². The Hall–Kier alpha value is -3.21. The van der Waals surface area contributed by atoms with E-state index in [1.54, 1.807) is 24.3 Å². The lowest BCUT2D eigenvalue weighted by molar-refractivity contribution is -0.695. The van der Waals surface area contributed by atoms with Crippen LogP contribution in [0.25, 0.3) is 10.8 Å². The van der Waals surface area contributed by atoms with Crippen LogP contribution < -0.4 is 10.3 Å². The lowest BCUT2D eigenvalue weighted by atomic mass is 9.93. The van der Waals surface area contributed by atoms with Gasteiger partial charge in [0.25, 0.3) is 11.8 Å². The third-order valence-electron chi connectivity index (χ3n) is 4.38. The second-order valence-corrected chi connectivity index (χ2v) is 5.81. The Morgan fingerprint density at radius 2 is 1.58 bits per heavy atom. The van der Waals surface area contributed by atoms with Crippen LogP contribution in [0.3, 0.4) is 0 Å². The van der Waals surface area contributed by atoms with E-state index in [9.17, 15) is 9.59 Å². The van der Waals surface area contributed by atoms with E-state index in [0.29, 0.717) is 35.3 Å². The van der Waals surface area contributed by atoms with Gasteiger partial charge in [-0.25, -0.2) is 4.57 Å². The van der Waals surface area contributed by atoms with Gasteiger partial charge in [-0.3, -0.25) is 14.5 Å². The molecule has 0 atom stereocenters. The predicted molar refractivity (Wildman–Crippen MR) is 90.4 cm³/mol. The van der Waals surface area contributed by atoms with Gasteiger partial charge in [0, 0.05) is 39.7 Å². The molecule has 0 radical (unpaired) electrons. The molecule has 2 amide bonds. The molecule has 5 nitrogen and oxygen atoms in total. The summed E-state index contributed by atoms with van der Waals surface area (Å²) >= 11 is 0. The van der Waals surface area contributed by atoms with E-state index in [4.69, 9.17) is 5.73 Å². The Kier molecular flexibility index (Phi) is 3.27. The maximum atomic E-state index is 12.8. The van der Waals surface area contributed by atoms with Gasteiger partial charge in [0.15, 0.2) is 18.9 Å². The van der Waals surface area contributed by atoms with E-state index >= 15 is 0 Å². The fourth-order valence-corrected chi connectivity index (χ4v) is 3.17. The minimum Gasteiger partial charge on any atom is -0.398 e. The minimum atomic E-state index is -0.264. The first kappa shape index (κ1) is 14.4. The van der Waals surface area contributed by atoms with Gasteiger partial charge in [0.1, 0.15) is 0 Å². The lowest BCUT2D eigenvalue weighted by Gasteiger charge is -2.26. The van der Waals surface area contributed by atoms with E-state index in [-0.39, 0.29) is 11.8 Å². The lowest BCUT2D eigenvalue weighted by Crippen LogP contribution is -2.46. The molecule has 0 fully saturated rings. The molecule has 0 saturated heterocycles.